The second-order valence-corrected chi connectivity index (χ2v) is 6.00. The summed E-state index contributed by atoms with van der Waals surface area (Å²) in [7, 11) is 0. The lowest BCUT2D eigenvalue weighted by Gasteiger charge is -2.22. The van der Waals surface area contributed by atoms with E-state index in [2.05, 4.69) is 5.32 Å². The van der Waals surface area contributed by atoms with Crippen LogP contribution in [0.15, 0.2) is 0 Å². The third-order valence-electron chi connectivity index (χ3n) is 3.02. The minimum absolute atomic E-state index is 0.0578. The summed E-state index contributed by atoms with van der Waals surface area (Å²) in [5.41, 5.74) is 0.0578. The van der Waals surface area contributed by atoms with E-state index in [9.17, 15) is 9.59 Å². The second kappa shape index (κ2) is 6.18. The molecule has 0 bridgehead atoms. The number of carboxylic acids is 1. The molecular weight excluding hydrogens is 234 g/mol. The maximum atomic E-state index is 11.8. The molecule has 2 N–H and O–H groups in total. The smallest absolute Gasteiger partial charge is 0.326 e. The van der Waals surface area contributed by atoms with E-state index >= 15 is 0 Å². The highest BCUT2D eigenvalue weighted by atomic mass is 16.5. The van der Waals surface area contributed by atoms with Crippen molar-refractivity contribution < 1.29 is 19.4 Å². The van der Waals surface area contributed by atoms with Crippen LogP contribution in [0, 0.1) is 5.41 Å². The lowest BCUT2D eigenvalue weighted by molar-refractivity contribution is -0.144. The predicted molar refractivity (Wildman–Crippen MR) is 67.2 cm³/mol. The second-order valence-electron chi connectivity index (χ2n) is 6.00. The fourth-order valence-corrected chi connectivity index (χ4v) is 1.88. The maximum absolute atomic E-state index is 11.8. The van der Waals surface area contributed by atoms with Gasteiger partial charge in [0.1, 0.15) is 12.1 Å². The standard InChI is InChI=1S/C13H23NO4/c1-13(2,3)7-6-9(12(16)17)14-11(15)10-5-4-8-18-10/h9-10H,4-8H2,1-3H3,(H,14,15)(H,16,17)/t9?,10-/m0/s1. The molecule has 1 rings (SSSR count). The van der Waals surface area contributed by atoms with E-state index in [1.807, 2.05) is 20.8 Å². The van der Waals surface area contributed by atoms with Crippen LogP contribution in [0.25, 0.3) is 0 Å². The van der Waals surface area contributed by atoms with E-state index in [0.29, 0.717) is 19.4 Å². The van der Waals surface area contributed by atoms with Crippen LogP contribution in [0.1, 0.15) is 46.5 Å². The fraction of sp³-hybridized carbons (Fsp3) is 0.846. The van der Waals surface area contributed by atoms with Crippen LogP contribution in [0.4, 0.5) is 0 Å². The molecular formula is C13H23NO4. The normalized spacial score (nSPS) is 21.6. The van der Waals surface area contributed by atoms with Crippen molar-refractivity contribution in [2.45, 2.75) is 58.6 Å². The molecule has 5 heteroatoms. The number of carbonyl (C=O) groups is 2. The molecule has 0 saturated carbocycles. The molecule has 1 saturated heterocycles. The largest absolute Gasteiger partial charge is 0.480 e. The topological polar surface area (TPSA) is 75.6 Å². The Balaban J connectivity index is 2.46. The van der Waals surface area contributed by atoms with Gasteiger partial charge in [0.15, 0.2) is 0 Å². The van der Waals surface area contributed by atoms with Crippen LogP contribution in [0.2, 0.25) is 0 Å². The van der Waals surface area contributed by atoms with Gasteiger partial charge in [-0.2, -0.15) is 0 Å². The molecule has 0 radical (unpaired) electrons. The minimum Gasteiger partial charge on any atom is -0.480 e. The van der Waals surface area contributed by atoms with Gasteiger partial charge in [0.2, 0.25) is 5.91 Å². The van der Waals surface area contributed by atoms with Gasteiger partial charge < -0.3 is 15.2 Å². The number of ether oxygens (including phenoxy) is 1. The number of carboxylic acid groups (broad SMARTS) is 1. The average Bonchev–Trinajstić information content (AvgIpc) is 2.75. The Labute approximate surface area is 108 Å². The first kappa shape index (κ1) is 15.0. The first-order chi connectivity index (χ1) is 8.29. The van der Waals surface area contributed by atoms with Crippen LogP contribution in [-0.2, 0) is 14.3 Å². The summed E-state index contributed by atoms with van der Waals surface area (Å²) in [4.78, 5) is 22.9. The van der Waals surface area contributed by atoms with Crippen molar-refractivity contribution in [1.29, 1.82) is 0 Å². The highest BCUT2D eigenvalue weighted by Gasteiger charge is 2.28. The van der Waals surface area contributed by atoms with Crippen molar-refractivity contribution in [2.24, 2.45) is 5.41 Å². The summed E-state index contributed by atoms with van der Waals surface area (Å²) in [5, 5.41) is 11.7. The Morgan fingerprint density at radius 1 is 1.44 bits per heavy atom. The van der Waals surface area contributed by atoms with Crippen LogP contribution in [-0.4, -0.2) is 35.7 Å². The molecule has 104 valence electrons. The highest BCUT2D eigenvalue weighted by Crippen LogP contribution is 2.22. The summed E-state index contributed by atoms with van der Waals surface area (Å²) in [6.07, 6.45) is 2.25. The number of aliphatic carboxylic acids is 1. The summed E-state index contributed by atoms with van der Waals surface area (Å²) in [5.74, 6) is -1.28. The molecule has 2 atom stereocenters. The number of hydrogen-bond acceptors (Lipinski definition) is 3. The van der Waals surface area contributed by atoms with Gasteiger partial charge in [-0.3, -0.25) is 4.79 Å². The summed E-state index contributed by atoms with van der Waals surface area (Å²) >= 11 is 0. The fourth-order valence-electron chi connectivity index (χ4n) is 1.88. The SMILES string of the molecule is CC(C)(C)CCC(NC(=O)[C@@H]1CCCO1)C(=O)O. The van der Waals surface area contributed by atoms with Crippen LogP contribution in [0.5, 0.6) is 0 Å². The molecule has 0 aromatic carbocycles. The molecule has 1 unspecified atom stereocenters. The van der Waals surface area contributed by atoms with Crippen molar-refractivity contribution in [2.75, 3.05) is 6.61 Å². The maximum Gasteiger partial charge on any atom is 0.326 e. The number of carbonyl (C=O) groups excluding carboxylic acids is 1. The molecule has 0 aromatic rings. The number of rotatable bonds is 5. The third-order valence-corrected chi connectivity index (χ3v) is 3.02. The Kier molecular flexibility index (Phi) is 5.14. The van der Waals surface area contributed by atoms with Gasteiger partial charge in [0.05, 0.1) is 0 Å². The lowest BCUT2D eigenvalue weighted by atomic mass is 9.88. The van der Waals surface area contributed by atoms with Gasteiger partial charge in [0, 0.05) is 6.61 Å². The van der Waals surface area contributed by atoms with E-state index in [1.54, 1.807) is 0 Å². The highest BCUT2D eigenvalue weighted by molar-refractivity contribution is 5.86. The van der Waals surface area contributed by atoms with Crippen LogP contribution >= 0.6 is 0 Å². The van der Waals surface area contributed by atoms with Gasteiger partial charge in [-0.15, -0.1) is 0 Å². The first-order valence-electron chi connectivity index (χ1n) is 6.44. The number of nitrogens with one attached hydrogen (secondary N) is 1. The lowest BCUT2D eigenvalue weighted by Crippen LogP contribution is -2.45. The van der Waals surface area contributed by atoms with Gasteiger partial charge in [-0.25, -0.2) is 4.79 Å². The van der Waals surface area contributed by atoms with Crippen molar-refractivity contribution in [1.82, 2.24) is 5.32 Å². The molecule has 0 spiro atoms. The molecule has 18 heavy (non-hydrogen) atoms. The van der Waals surface area contributed by atoms with E-state index in [4.69, 9.17) is 9.84 Å². The van der Waals surface area contributed by atoms with Crippen molar-refractivity contribution >= 4 is 11.9 Å². The van der Waals surface area contributed by atoms with Crippen molar-refractivity contribution in [3.8, 4) is 0 Å². The quantitative estimate of drug-likeness (QED) is 0.783. The summed E-state index contributed by atoms with van der Waals surface area (Å²) in [6, 6.07) is -0.819. The van der Waals surface area contributed by atoms with Gasteiger partial charge in [-0.05, 0) is 31.1 Å². The van der Waals surface area contributed by atoms with E-state index in [1.165, 1.54) is 0 Å². The Hall–Kier alpha value is -1.10. The van der Waals surface area contributed by atoms with Crippen molar-refractivity contribution in [3.05, 3.63) is 0 Å². The van der Waals surface area contributed by atoms with Gasteiger partial charge >= 0.3 is 5.97 Å². The molecule has 1 aliphatic rings. The Morgan fingerprint density at radius 3 is 2.56 bits per heavy atom. The summed E-state index contributed by atoms with van der Waals surface area (Å²) in [6.45, 7) is 6.73. The number of amides is 1. The molecule has 1 amide bonds. The van der Waals surface area contributed by atoms with Gasteiger partial charge in [-0.1, -0.05) is 20.8 Å². The molecule has 5 nitrogen and oxygen atoms in total. The zero-order valence-electron chi connectivity index (χ0n) is 11.4. The van der Waals surface area contributed by atoms with E-state index in [0.717, 1.165) is 12.8 Å². The molecule has 0 aliphatic carbocycles. The molecule has 1 aliphatic heterocycles. The zero-order chi connectivity index (χ0) is 13.8. The monoisotopic (exact) mass is 257 g/mol. The molecule has 1 heterocycles. The zero-order valence-corrected chi connectivity index (χ0v) is 11.4. The van der Waals surface area contributed by atoms with Crippen molar-refractivity contribution in [3.63, 3.8) is 0 Å². The average molecular weight is 257 g/mol. The molecule has 1 fully saturated rings. The molecule has 0 aromatic heterocycles. The first-order valence-corrected chi connectivity index (χ1v) is 6.44. The minimum atomic E-state index is -0.981. The summed E-state index contributed by atoms with van der Waals surface area (Å²) < 4.78 is 5.24. The van der Waals surface area contributed by atoms with E-state index < -0.39 is 18.1 Å². The number of hydrogen-bond donors (Lipinski definition) is 2. The van der Waals surface area contributed by atoms with Gasteiger partial charge in [0.25, 0.3) is 0 Å². The Bertz CT molecular complexity index is 303. The Morgan fingerprint density at radius 2 is 2.11 bits per heavy atom. The predicted octanol–water partition coefficient (Wildman–Crippen LogP) is 1.56. The van der Waals surface area contributed by atoms with Crippen LogP contribution in [0.3, 0.4) is 0 Å². The third kappa shape index (κ3) is 5.04. The van der Waals surface area contributed by atoms with E-state index in [-0.39, 0.29) is 11.3 Å². The van der Waals surface area contributed by atoms with Crippen LogP contribution < -0.4 is 5.32 Å².